The predicted octanol–water partition coefficient (Wildman–Crippen LogP) is 2.97. The molecule has 0 aliphatic heterocycles. The lowest BCUT2D eigenvalue weighted by atomic mass is 10.2. The minimum Gasteiger partial charge on any atom is -0.382 e. The van der Waals surface area contributed by atoms with Crippen LogP contribution in [0.15, 0.2) is 29.2 Å². The van der Waals surface area contributed by atoms with Gasteiger partial charge in [-0.1, -0.05) is 13.3 Å². The molecule has 5 heteroatoms. The molecule has 0 spiro atoms. The number of hydrogen-bond acceptors (Lipinski definition) is 3. The Kier molecular flexibility index (Phi) is 4.70. The molecule has 2 rings (SSSR count). The normalized spacial score (nSPS) is 22.0. The van der Waals surface area contributed by atoms with Crippen molar-refractivity contribution in [3.8, 4) is 0 Å². The minimum absolute atomic E-state index is 0.0981. The molecule has 20 heavy (non-hydrogen) atoms. The molecule has 0 bridgehead atoms. The maximum atomic E-state index is 12.0. The lowest BCUT2D eigenvalue weighted by Gasteiger charge is -2.11. The maximum Gasteiger partial charge on any atom is 0.240 e. The van der Waals surface area contributed by atoms with E-state index in [0.29, 0.717) is 10.9 Å². The number of hydrogen-bond donors (Lipinski definition) is 2. The minimum atomic E-state index is -3.39. The van der Waals surface area contributed by atoms with Gasteiger partial charge in [0, 0.05) is 17.8 Å². The van der Waals surface area contributed by atoms with E-state index in [0.717, 1.165) is 11.6 Å². The standard InChI is InChI=1S/C15H24N2O2S/c1-4-5-12-10-15(12)16-13-6-8-14(9-7-13)20(18,19)17-11(2)3/h6-9,11-12,15-17H,4-5,10H2,1-3H3. The van der Waals surface area contributed by atoms with Crippen LogP contribution in [-0.4, -0.2) is 20.5 Å². The van der Waals surface area contributed by atoms with Crippen LogP contribution in [0.1, 0.15) is 40.0 Å². The van der Waals surface area contributed by atoms with E-state index in [1.165, 1.54) is 19.3 Å². The second kappa shape index (κ2) is 6.14. The Labute approximate surface area is 122 Å². The zero-order valence-electron chi connectivity index (χ0n) is 12.4. The number of anilines is 1. The topological polar surface area (TPSA) is 58.2 Å². The van der Waals surface area contributed by atoms with Gasteiger partial charge in [-0.2, -0.15) is 0 Å². The van der Waals surface area contributed by atoms with Gasteiger partial charge in [0.25, 0.3) is 0 Å². The molecule has 0 aromatic heterocycles. The molecule has 1 aromatic rings. The van der Waals surface area contributed by atoms with E-state index in [9.17, 15) is 8.42 Å². The fourth-order valence-corrected chi connectivity index (χ4v) is 3.69. The van der Waals surface area contributed by atoms with Gasteiger partial charge in [-0.25, -0.2) is 13.1 Å². The van der Waals surface area contributed by atoms with Crippen molar-refractivity contribution in [3.05, 3.63) is 24.3 Å². The molecular formula is C15H24N2O2S. The van der Waals surface area contributed by atoms with E-state index in [-0.39, 0.29) is 6.04 Å². The molecule has 1 saturated carbocycles. The summed E-state index contributed by atoms with van der Waals surface area (Å²) in [6.07, 6.45) is 3.71. The van der Waals surface area contributed by atoms with Crippen molar-refractivity contribution in [3.63, 3.8) is 0 Å². The molecule has 112 valence electrons. The highest BCUT2D eigenvalue weighted by molar-refractivity contribution is 7.89. The summed E-state index contributed by atoms with van der Waals surface area (Å²) in [7, 11) is -3.39. The van der Waals surface area contributed by atoms with Crippen LogP contribution in [0.4, 0.5) is 5.69 Å². The van der Waals surface area contributed by atoms with Crippen LogP contribution in [-0.2, 0) is 10.0 Å². The van der Waals surface area contributed by atoms with Gasteiger partial charge in [0.1, 0.15) is 0 Å². The monoisotopic (exact) mass is 296 g/mol. The third kappa shape index (κ3) is 3.96. The van der Waals surface area contributed by atoms with Crippen LogP contribution in [0.25, 0.3) is 0 Å². The van der Waals surface area contributed by atoms with Crippen molar-refractivity contribution in [2.75, 3.05) is 5.32 Å². The Hall–Kier alpha value is -1.07. The third-order valence-electron chi connectivity index (χ3n) is 3.49. The van der Waals surface area contributed by atoms with Gasteiger partial charge < -0.3 is 5.32 Å². The SMILES string of the molecule is CCCC1CC1Nc1ccc(S(=O)(=O)NC(C)C)cc1. The lowest BCUT2D eigenvalue weighted by Crippen LogP contribution is -2.30. The van der Waals surface area contributed by atoms with Crippen molar-refractivity contribution < 1.29 is 8.42 Å². The Morgan fingerprint density at radius 2 is 1.90 bits per heavy atom. The highest BCUT2D eigenvalue weighted by Gasteiger charge is 2.35. The smallest absolute Gasteiger partial charge is 0.240 e. The second-order valence-electron chi connectivity index (χ2n) is 5.84. The van der Waals surface area contributed by atoms with Crippen molar-refractivity contribution in [1.82, 2.24) is 4.72 Å². The average molecular weight is 296 g/mol. The summed E-state index contributed by atoms with van der Waals surface area (Å²) in [5.41, 5.74) is 0.997. The summed E-state index contributed by atoms with van der Waals surface area (Å²) >= 11 is 0. The summed E-state index contributed by atoms with van der Waals surface area (Å²) in [4.78, 5) is 0.317. The molecule has 1 aliphatic rings. The zero-order chi connectivity index (χ0) is 14.8. The first-order chi connectivity index (χ1) is 9.42. The summed E-state index contributed by atoms with van der Waals surface area (Å²) in [5, 5.41) is 3.45. The number of sulfonamides is 1. The van der Waals surface area contributed by atoms with Gasteiger partial charge in [-0.15, -0.1) is 0 Å². The molecule has 0 amide bonds. The summed E-state index contributed by atoms with van der Waals surface area (Å²) in [5.74, 6) is 0.783. The van der Waals surface area contributed by atoms with E-state index in [2.05, 4.69) is 17.0 Å². The second-order valence-corrected chi connectivity index (χ2v) is 7.55. The first-order valence-electron chi connectivity index (χ1n) is 7.31. The predicted molar refractivity (Wildman–Crippen MR) is 82.3 cm³/mol. The first-order valence-corrected chi connectivity index (χ1v) is 8.79. The van der Waals surface area contributed by atoms with Crippen LogP contribution in [0.3, 0.4) is 0 Å². The summed E-state index contributed by atoms with van der Waals surface area (Å²) in [6, 6.07) is 7.46. The fourth-order valence-electron chi connectivity index (χ4n) is 2.44. The molecular weight excluding hydrogens is 272 g/mol. The quantitative estimate of drug-likeness (QED) is 0.813. The van der Waals surface area contributed by atoms with Crippen molar-refractivity contribution in [2.24, 2.45) is 5.92 Å². The molecule has 2 unspecified atom stereocenters. The fraction of sp³-hybridized carbons (Fsp3) is 0.600. The maximum absolute atomic E-state index is 12.0. The van der Waals surface area contributed by atoms with Gasteiger partial charge >= 0.3 is 0 Å². The molecule has 1 aromatic carbocycles. The molecule has 0 radical (unpaired) electrons. The van der Waals surface area contributed by atoms with Gasteiger partial charge in [0.05, 0.1) is 4.90 Å². The lowest BCUT2D eigenvalue weighted by molar-refractivity contribution is 0.570. The van der Waals surface area contributed by atoms with Gasteiger partial charge in [0.2, 0.25) is 10.0 Å². The van der Waals surface area contributed by atoms with E-state index in [4.69, 9.17) is 0 Å². The van der Waals surface area contributed by atoms with Crippen LogP contribution in [0.5, 0.6) is 0 Å². The zero-order valence-corrected chi connectivity index (χ0v) is 13.2. The Bertz CT molecular complexity index is 537. The number of benzene rings is 1. The highest BCUT2D eigenvalue weighted by atomic mass is 32.2. The number of rotatable bonds is 7. The van der Waals surface area contributed by atoms with Crippen LogP contribution in [0, 0.1) is 5.92 Å². The van der Waals surface area contributed by atoms with Gasteiger partial charge in [0.15, 0.2) is 0 Å². The molecule has 1 fully saturated rings. The van der Waals surface area contributed by atoms with Crippen molar-refractivity contribution >= 4 is 15.7 Å². The molecule has 1 aliphatic carbocycles. The van der Waals surface area contributed by atoms with Crippen LogP contribution in [0.2, 0.25) is 0 Å². The van der Waals surface area contributed by atoms with Crippen LogP contribution < -0.4 is 10.0 Å². The Balaban J connectivity index is 1.97. The molecule has 2 atom stereocenters. The van der Waals surface area contributed by atoms with Gasteiger partial charge in [-0.3, -0.25) is 0 Å². The van der Waals surface area contributed by atoms with Crippen molar-refractivity contribution in [1.29, 1.82) is 0 Å². The first kappa shape index (κ1) is 15.3. The number of nitrogens with one attached hydrogen (secondary N) is 2. The summed E-state index contributed by atoms with van der Waals surface area (Å²) < 4.78 is 26.6. The third-order valence-corrected chi connectivity index (χ3v) is 5.16. The Morgan fingerprint density at radius 3 is 2.45 bits per heavy atom. The van der Waals surface area contributed by atoms with E-state index in [1.807, 2.05) is 26.0 Å². The summed E-state index contributed by atoms with van der Waals surface area (Å²) in [6.45, 7) is 5.83. The molecule has 4 nitrogen and oxygen atoms in total. The highest BCUT2D eigenvalue weighted by Crippen LogP contribution is 2.37. The van der Waals surface area contributed by atoms with E-state index >= 15 is 0 Å². The molecule has 0 saturated heterocycles. The van der Waals surface area contributed by atoms with E-state index < -0.39 is 10.0 Å². The van der Waals surface area contributed by atoms with Crippen molar-refractivity contribution in [2.45, 2.75) is 57.0 Å². The average Bonchev–Trinajstić information content (AvgIpc) is 3.07. The van der Waals surface area contributed by atoms with Gasteiger partial charge in [-0.05, 0) is 56.9 Å². The largest absolute Gasteiger partial charge is 0.382 e. The molecule has 2 N–H and O–H groups in total. The Morgan fingerprint density at radius 1 is 1.25 bits per heavy atom. The van der Waals surface area contributed by atoms with E-state index in [1.54, 1.807) is 12.1 Å². The molecule has 0 heterocycles. The van der Waals surface area contributed by atoms with Crippen LogP contribution >= 0.6 is 0 Å².